The molecule has 8 nitrogen and oxygen atoms in total. The van der Waals surface area contributed by atoms with Gasteiger partial charge in [-0.25, -0.2) is 4.79 Å². The summed E-state index contributed by atoms with van der Waals surface area (Å²) in [4.78, 5) is 34.0. The van der Waals surface area contributed by atoms with E-state index in [2.05, 4.69) is 10.6 Å². The lowest BCUT2D eigenvalue weighted by Crippen LogP contribution is -2.44. The van der Waals surface area contributed by atoms with Crippen LogP contribution in [0.3, 0.4) is 0 Å². The van der Waals surface area contributed by atoms with Crippen LogP contribution in [0.1, 0.15) is 37.6 Å². The average molecular weight is 323 g/mol. The smallest absolute Gasteiger partial charge is 0.338 e. The largest absolute Gasteiger partial charge is 0.452 e. The molecule has 0 aliphatic rings. The van der Waals surface area contributed by atoms with Gasteiger partial charge in [-0.05, 0) is 32.4 Å². The highest BCUT2D eigenvalue weighted by Gasteiger charge is 2.21. The molecule has 0 aliphatic heterocycles. The van der Waals surface area contributed by atoms with E-state index in [9.17, 15) is 19.7 Å². The predicted octanol–water partition coefficient (Wildman–Crippen LogP) is 2.10. The van der Waals surface area contributed by atoms with E-state index in [0.717, 1.165) is 12.5 Å². The van der Waals surface area contributed by atoms with E-state index < -0.39 is 28.9 Å². The molecule has 23 heavy (non-hydrogen) atoms. The molecule has 2 N–H and O–H groups in total. The van der Waals surface area contributed by atoms with Gasteiger partial charge in [0.25, 0.3) is 11.6 Å². The molecule has 0 saturated heterocycles. The number of hydrogen-bond donors (Lipinski definition) is 2. The van der Waals surface area contributed by atoms with Crippen LogP contribution in [0.4, 0.5) is 11.4 Å². The SMILES string of the molecule is CCC(C)(C)NC(=O)COC(=O)c1ccc(NC)c([N+](=O)[O-])c1. The number of esters is 1. The lowest BCUT2D eigenvalue weighted by molar-refractivity contribution is -0.384. The second kappa shape index (κ2) is 7.57. The van der Waals surface area contributed by atoms with Crippen molar-refractivity contribution in [3.05, 3.63) is 33.9 Å². The zero-order chi connectivity index (χ0) is 17.6. The number of nitrogens with zero attached hydrogens (tertiary/aromatic N) is 1. The average Bonchev–Trinajstić information content (AvgIpc) is 2.51. The zero-order valence-electron chi connectivity index (χ0n) is 13.6. The Morgan fingerprint density at radius 1 is 1.35 bits per heavy atom. The van der Waals surface area contributed by atoms with Crippen LogP contribution in [0.5, 0.6) is 0 Å². The van der Waals surface area contributed by atoms with Gasteiger partial charge in [0.05, 0.1) is 10.5 Å². The molecule has 0 atom stereocenters. The van der Waals surface area contributed by atoms with Crippen LogP contribution in [0, 0.1) is 10.1 Å². The van der Waals surface area contributed by atoms with E-state index >= 15 is 0 Å². The van der Waals surface area contributed by atoms with Crippen molar-refractivity contribution in [3.63, 3.8) is 0 Å². The highest BCUT2D eigenvalue weighted by molar-refractivity contribution is 5.93. The maximum atomic E-state index is 11.9. The maximum absolute atomic E-state index is 11.9. The van der Waals surface area contributed by atoms with Crippen molar-refractivity contribution in [2.75, 3.05) is 19.0 Å². The molecule has 1 aromatic rings. The van der Waals surface area contributed by atoms with Crippen molar-refractivity contribution in [1.29, 1.82) is 0 Å². The minimum absolute atomic E-state index is 0.0123. The first-order valence-corrected chi connectivity index (χ1v) is 7.14. The van der Waals surface area contributed by atoms with E-state index in [1.54, 1.807) is 7.05 Å². The molecule has 0 aliphatic carbocycles. The fraction of sp³-hybridized carbons (Fsp3) is 0.467. The highest BCUT2D eigenvalue weighted by atomic mass is 16.6. The molecule has 8 heteroatoms. The molecule has 0 radical (unpaired) electrons. The number of hydrogen-bond acceptors (Lipinski definition) is 6. The van der Waals surface area contributed by atoms with Gasteiger partial charge in [0.2, 0.25) is 0 Å². The van der Waals surface area contributed by atoms with Crippen LogP contribution in [0.15, 0.2) is 18.2 Å². The Balaban J connectivity index is 2.74. The topological polar surface area (TPSA) is 111 Å². The minimum Gasteiger partial charge on any atom is -0.452 e. The van der Waals surface area contributed by atoms with E-state index in [1.165, 1.54) is 12.1 Å². The van der Waals surface area contributed by atoms with E-state index in [-0.39, 0.29) is 16.9 Å². The Morgan fingerprint density at radius 3 is 2.52 bits per heavy atom. The van der Waals surface area contributed by atoms with Crippen LogP contribution in [-0.4, -0.2) is 36.0 Å². The molecule has 0 bridgehead atoms. The monoisotopic (exact) mass is 323 g/mol. The Labute approximate surface area is 134 Å². The normalized spacial score (nSPS) is 10.8. The first kappa shape index (κ1) is 18.4. The molecule has 0 heterocycles. The molecule has 1 rings (SSSR count). The van der Waals surface area contributed by atoms with Crippen molar-refractivity contribution in [1.82, 2.24) is 5.32 Å². The second-order valence-electron chi connectivity index (χ2n) is 5.60. The molecule has 1 aromatic carbocycles. The van der Waals surface area contributed by atoms with E-state index in [0.29, 0.717) is 0 Å². The number of benzene rings is 1. The molecule has 0 unspecified atom stereocenters. The van der Waals surface area contributed by atoms with Gasteiger partial charge in [-0.15, -0.1) is 0 Å². The van der Waals surface area contributed by atoms with Crippen LogP contribution < -0.4 is 10.6 Å². The van der Waals surface area contributed by atoms with E-state index in [4.69, 9.17) is 4.74 Å². The first-order valence-electron chi connectivity index (χ1n) is 7.14. The summed E-state index contributed by atoms with van der Waals surface area (Å²) in [6.45, 7) is 5.19. The van der Waals surface area contributed by atoms with Gasteiger partial charge in [0.15, 0.2) is 6.61 Å². The number of nitro benzene ring substituents is 1. The van der Waals surface area contributed by atoms with Crippen molar-refractivity contribution in [3.8, 4) is 0 Å². The van der Waals surface area contributed by atoms with Crippen molar-refractivity contribution in [2.24, 2.45) is 0 Å². The molecule has 1 amide bonds. The Kier molecular flexibility index (Phi) is 6.06. The van der Waals surface area contributed by atoms with Gasteiger partial charge in [0.1, 0.15) is 5.69 Å². The molecular formula is C15H21N3O5. The van der Waals surface area contributed by atoms with E-state index in [1.807, 2.05) is 20.8 Å². The van der Waals surface area contributed by atoms with Gasteiger partial charge in [-0.2, -0.15) is 0 Å². The minimum atomic E-state index is -0.791. The van der Waals surface area contributed by atoms with Crippen molar-refractivity contribution >= 4 is 23.3 Å². The summed E-state index contributed by atoms with van der Waals surface area (Å²) in [6.07, 6.45) is 0.727. The summed E-state index contributed by atoms with van der Waals surface area (Å²) in [5.41, 5.74) is -0.331. The zero-order valence-corrected chi connectivity index (χ0v) is 13.6. The number of carbonyl (C=O) groups excluding carboxylic acids is 2. The number of nitro groups is 1. The van der Waals surface area contributed by atoms with Gasteiger partial charge in [0, 0.05) is 18.7 Å². The van der Waals surface area contributed by atoms with Crippen LogP contribution in [0.25, 0.3) is 0 Å². The summed E-state index contributed by atoms with van der Waals surface area (Å²) < 4.78 is 4.89. The maximum Gasteiger partial charge on any atom is 0.338 e. The number of amides is 1. The van der Waals surface area contributed by atoms with Gasteiger partial charge >= 0.3 is 5.97 Å². The standard InChI is InChI=1S/C15H21N3O5/c1-5-15(2,3)17-13(19)9-23-14(20)10-6-7-11(16-4)12(8-10)18(21)22/h6-8,16H,5,9H2,1-4H3,(H,17,19). The molecule has 126 valence electrons. The Hall–Kier alpha value is -2.64. The first-order chi connectivity index (χ1) is 10.7. The summed E-state index contributed by atoms with van der Waals surface area (Å²) in [6, 6.07) is 3.92. The molecule has 0 fully saturated rings. The molecule has 0 aromatic heterocycles. The lowest BCUT2D eigenvalue weighted by atomic mass is 10.0. The summed E-state index contributed by atoms with van der Waals surface area (Å²) in [7, 11) is 1.54. The Morgan fingerprint density at radius 2 is 2.00 bits per heavy atom. The third-order valence-corrected chi connectivity index (χ3v) is 3.40. The number of anilines is 1. The highest BCUT2D eigenvalue weighted by Crippen LogP contribution is 2.25. The van der Waals surface area contributed by atoms with Crippen LogP contribution in [-0.2, 0) is 9.53 Å². The predicted molar refractivity (Wildman–Crippen MR) is 85.4 cm³/mol. The number of nitrogens with one attached hydrogen (secondary N) is 2. The van der Waals surface area contributed by atoms with Crippen molar-refractivity contribution < 1.29 is 19.2 Å². The summed E-state index contributed by atoms with van der Waals surface area (Å²) in [5.74, 6) is -1.22. The Bertz CT molecular complexity index is 613. The lowest BCUT2D eigenvalue weighted by Gasteiger charge is -2.24. The van der Waals surface area contributed by atoms with Crippen LogP contribution in [0.2, 0.25) is 0 Å². The fourth-order valence-electron chi connectivity index (χ4n) is 1.74. The molecular weight excluding hydrogens is 302 g/mol. The summed E-state index contributed by atoms with van der Waals surface area (Å²) >= 11 is 0. The quantitative estimate of drug-likeness (QED) is 0.451. The number of ether oxygens (including phenoxy) is 1. The summed E-state index contributed by atoms with van der Waals surface area (Å²) in [5, 5.41) is 16.4. The van der Waals surface area contributed by atoms with Crippen molar-refractivity contribution in [2.45, 2.75) is 32.7 Å². The third-order valence-electron chi connectivity index (χ3n) is 3.40. The molecule has 0 saturated carbocycles. The third kappa shape index (κ3) is 5.24. The van der Waals surface area contributed by atoms with Gasteiger partial charge in [-0.1, -0.05) is 6.92 Å². The van der Waals surface area contributed by atoms with Crippen LogP contribution >= 0.6 is 0 Å². The number of rotatable bonds is 7. The molecule has 0 spiro atoms. The fourth-order valence-corrected chi connectivity index (χ4v) is 1.74. The second-order valence-corrected chi connectivity index (χ2v) is 5.60. The number of carbonyl (C=O) groups is 2. The van der Waals surface area contributed by atoms with Gasteiger partial charge in [-0.3, -0.25) is 14.9 Å². The van der Waals surface area contributed by atoms with Gasteiger partial charge < -0.3 is 15.4 Å².